The molecule has 0 bridgehead atoms. The molecule has 0 saturated heterocycles. The molecule has 2 aromatic carbocycles. The van der Waals surface area contributed by atoms with Crippen molar-refractivity contribution in [3.05, 3.63) is 58.7 Å². The minimum atomic E-state index is 0.732. The number of aryl methyl sites for hydroxylation is 3. The zero-order valence-corrected chi connectivity index (χ0v) is 11.9. The Labute approximate surface area is 118 Å². The van der Waals surface area contributed by atoms with Crippen LogP contribution in [0.4, 0.5) is 0 Å². The molecular formula is C18H16N2. The molecule has 0 aliphatic rings. The van der Waals surface area contributed by atoms with Gasteiger partial charge in [0.15, 0.2) is 0 Å². The Bertz CT molecular complexity index is 824. The summed E-state index contributed by atoms with van der Waals surface area (Å²) in [6.45, 7) is 6.30. The highest BCUT2D eigenvalue weighted by molar-refractivity contribution is 5.94. The zero-order chi connectivity index (χ0) is 14.3. The summed E-state index contributed by atoms with van der Waals surface area (Å²) in [4.78, 5) is 3.41. The summed E-state index contributed by atoms with van der Waals surface area (Å²) in [6.07, 6.45) is 0. The molecular weight excluding hydrogens is 244 g/mol. The smallest absolute Gasteiger partial charge is 0.102 e. The first-order chi connectivity index (χ1) is 9.61. The lowest BCUT2D eigenvalue weighted by Gasteiger charge is -2.10. The summed E-state index contributed by atoms with van der Waals surface area (Å²) in [6, 6.07) is 14.6. The molecule has 1 N–H and O–H groups in total. The van der Waals surface area contributed by atoms with E-state index in [0.717, 1.165) is 27.7 Å². The van der Waals surface area contributed by atoms with Crippen molar-refractivity contribution in [2.24, 2.45) is 0 Å². The lowest BCUT2D eigenvalue weighted by molar-refractivity contribution is 1.29. The quantitative estimate of drug-likeness (QED) is 0.680. The maximum absolute atomic E-state index is 9.53. The summed E-state index contributed by atoms with van der Waals surface area (Å²) in [5.74, 6) is 0. The van der Waals surface area contributed by atoms with E-state index in [1.807, 2.05) is 24.3 Å². The SMILES string of the molecule is Cc1cc(C)c(-c2[nH]c3ccccc3c2C#N)c(C)c1. The van der Waals surface area contributed by atoms with Crippen LogP contribution in [0, 0.1) is 32.1 Å². The molecule has 2 nitrogen and oxygen atoms in total. The van der Waals surface area contributed by atoms with Crippen LogP contribution in [-0.4, -0.2) is 4.98 Å². The van der Waals surface area contributed by atoms with Crippen LogP contribution in [0.5, 0.6) is 0 Å². The third-order valence-corrected chi connectivity index (χ3v) is 3.74. The molecule has 98 valence electrons. The van der Waals surface area contributed by atoms with Crippen molar-refractivity contribution >= 4 is 10.9 Å². The molecule has 0 aliphatic heterocycles. The normalized spacial score (nSPS) is 10.7. The van der Waals surface area contributed by atoms with Crippen molar-refractivity contribution in [2.45, 2.75) is 20.8 Å². The van der Waals surface area contributed by atoms with Crippen molar-refractivity contribution in [3.63, 3.8) is 0 Å². The number of nitrogens with zero attached hydrogens (tertiary/aromatic N) is 1. The highest BCUT2D eigenvalue weighted by atomic mass is 14.7. The van der Waals surface area contributed by atoms with Gasteiger partial charge in [-0.1, -0.05) is 35.9 Å². The van der Waals surface area contributed by atoms with Gasteiger partial charge in [0.05, 0.1) is 11.3 Å². The maximum atomic E-state index is 9.53. The monoisotopic (exact) mass is 260 g/mol. The van der Waals surface area contributed by atoms with Gasteiger partial charge in [-0.2, -0.15) is 5.26 Å². The van der Waals surface area contributed by atoms with E-state index in [-0.39, 0.29) is 0 Å². The Kier molecular flexibility index (Phi) is 2.84. The van der Waals surface area contributed by atoms with E-state index in [9.17, 15) is 5.26 Å². The molecule has 0 fully saturated rings. The molecule has 0 aliphatic carbocycles. The number of fused-ring (bicyclic) bond motifs is 1. The molecule has 2 heteroatoms. The zero-order valence-electron chi connectivity index (χ0n) is 11.9. The van der Waals surface area contributed by atoms with E-state index < -0.39 is 0 Å². The minimum Gasteiger partial charge on any atom is -0.353 e. The lowest BCUT2D eigenvalue weighted by atomic mass is 9.95. The summed E-state index contributed by atoms with van der Waals surface area (Å²) in [5, 5.41) is 10.5. The topological polar surface area (TPSA) is 39.6 Å². The van der Waals surface area contributed by atoms with Gasteiger partial charge < -0.3 is 4.98 Å². The van der Waals surface area contributed by atoms with Crippen LogP contribution in [0.2, 0.25) is 0 Å². The summed E-state index contributed by atoms with van der Waals surface area (Å²) in [7, 11) is 0. The third-order valence-electron chi connectivity index (χ3n) is 3.74. The van der Waals surface area contributed by atoms with E-state index >= 15 is 0 Å². The van der Waals surface area contributed by atoms with Crippen LogP contribution in [0.25, 0.3) is 22.2 Å². The van der Waals surface area contributed by atoms with Gasteiger partial charge in [0.25, 0.3) is 0 Å². The van der Waals surface area contributed by atoms with Crippen LogP contribution in [-0.2, 0) is 0 Å². The minimum absolute atomic E-state index is 0.732. The predicted molar refractivity (Wildman–Crippen MR) is 82.7 cm³/mol. The molecule has 3 aromatic rings. The number of hydrogen-bond donors (Lipinski definition) is 1. The maximum Gasteiger partial charge on any atom is 0.102 e. The number of aromatic nitrogens is 1. The first-order valence-electron chi connectivity index (χ1n) is 6.71. The van der Waals surface area contributed by atoms with E-state index in [1.165, 1.54) is 16.7 Å². The third kappa shape index (κ3) is 1.80. The Morgan fingerprint density at radius 3 is 2.30 bits per heavy atom. The van der Waals surface area contributed by atoms with Gasteiger partial charge in [0.2, 0.25) is 0 Å². The number of nitriles is 1. The van der Waals surface area contributed by atoms with E-state index in [0.29, 0.717) is 0 Å². The molecule has 3 rings (SSSR count). The highest BCUT2D eigenvalue weighted by Gasteiger charge is 2.16. The van der Waals surface area contributed by atoms with Crippen molar-refractivity contribution in [1.29, 1.82) is 5.26 Å². The van der Waals surface area contributed by atoms with Gasteiger partial charge in [-0.15, -0.1) is 0 Å². The van der Waals surface area contributed by atoms with Crippen LogP contribution >= 0.6 is 0 Å². The van der Waals surface area contributed by atoms with Gasteiger partial charge in [0.1, 0.15) is 6.07 Å². The lowest BCUT2D eigenvalue weighted by Crippen LogP contribution is -1.92. The Morgan fingerprint density at radius 2 is 1.65 bits per heavy atom. The largest absolute Gasteiger partial charge is 0.353 e. The van der Waals surface area contributed by atoms with Gasteiger partial charge >= 0.3 is 0 Å². The van der Waals surface area contributed by atoms with E-state index in [1.54, 1.807) is 0 Å². The second-order valence-electron chi connectivity index (χ2n) is 5.31. The average Bonchev–Trinajstić information content (AvgIpc) is 2.75. The fourth-order valence-electron chi connectivity index (χ4n) is 3.02. The van der Waals surface area contributed by atoms with Crippen molar-refractivity contribution < 1.29 is 0 Å². The second kappa shape index (κ2) is 4.54. The summed E-state index contributed by atoms with van der Waals surface area (Å²) >= 11 is 0. The van der Waals surface area contributed by atoms with Crippen molar-refractivity contribution in [2.75, 3.05) is 0 Å². The number of nitrogens with one attached hydrogen (secondary N) is 1. The number of para-hydroxylation sites is 1. The van der Waals surface area contributed by atoms with Crippen molar-refractivity contribution in [3.8, 4) is 17.3 Å². The molecule has 1 aromatic heterocycles. The molecule has 0 unspecified atom stereocenters. The number of benzene rings is 2. The molecule has 0 saturated carbocycles. The fourth-order valence-corrected chi connectivity index (χ4v) is 3.02. The summed E-state index contributed by atoms with van der Waals surface area (Å²) < 4.78 is 0. The molecule has 0 spiro atoms. The number of aromatic amines is 1. The molecule has 0 atom stereocenters. The molecule has 1 heterocycles. The molecule has 0 radical (unpaired) electrons. The highest BCUT2D eigenvalue weighted by Crippen LogP contribution is 2.34. The first kappa shape index (κ1) is 12.5. The average molecular weight is 260 g/mol. The van der Waals surface area contributed by atoms with Crippen LogP contribution in [0.3, 0.4) is 0 Å². The number of hydrogen-bond acceptors (Lipinski definition) is 1. The fraction of sp³-hybridized carbons (Fsp3) is 0.167. The number of rotatable bonds is 1. The predicted octanol–water partition coefficient (Wildman–Crippen LogP) is 4.63. The first-order valence-corrected chi connectivity index (χ1v) is 6.71. The Morgan fingerprint density at radius 1 is 1.00 bits per heavy atom. The molecule has 0 amide bonds. The van der Waals surface area contributed by atoms with Gasteiger partial charge in [0, 0.05) is 16.5 Å². The Hall–Kier alpha value is -2.53. The van der Waals surface area contributed by atoms with Crippen LogP contribution < -0.4 is 0 Å². The van der Waals surface area contributed by atoms with Crippen molar-refractivity contribution in [1.82, 2.24) is 4.98 Å². The summed E-state index contributed by atoms with van der Waals surface area (Å²) in [5.41, 5.74) is 7.47. The van der Waals surface area contributed by atoms with Gasteiger partial charge in [-0.05, 0) is 38.0 Å². The van der Waals surface area contributed by atoms with E-state index in [4.69, 9.17) is 0 Å². The molecule has 20 heavy (non-hydrogen) atoms. The van der Waals surface area contributed by atoms with Crippen LogP contribution in [0.1, 0.15) is 22.3 Å². The van der Waals surface area contributed by atoms with E-state index in [2.05, 4.69) is 44.0 Å². The standard InChI is InChI=1S/C18H16N2/c1-11-8-12(2)17(13(3)9-11)18-15(10-19)14-6-4-5-7-16(14)20-18/h4-9,20H,1-3H3. The second-order valence-corrected chi connectivity index (χ2v) is 5.31. The van der Waals surface area contributed by atoms with Gasteiger partial charge in [-0.25, -0.2) is 0 Å². The van der Waals surface area contributed by atoms with Gasteiger partial charge in [-0.3, -0.25) is 0 Å². The Balaban J connectivity index is 2.39. The van der Waals surface area contributed by atoms with Crippen LogP contribution in [0.15, 0.2) is 36.4 Å². The number of H-pyrrole nitrogens is 1.